The molecule has 170 valence electrons. The van der Waals surface area contributed by atoms with E-state index in [0.29, 0.717) is 23.6 Å². The van der Waals surface area contributed by atoms with Gasteiger partial charge < -0.3 is 15.8 Å². The standard InChI is InChI=1S/C25H19F2N5OS/c26-17-3-1-2-15(8-17)12-33-23-7-5-18(10-20(23)27)31-25-19-9-16(4-6-21(19)29-14-30-25)22-13-34-24(11-28)32-22/h1-10,13-14H,11-12,28H2,(H,29,30,31). The smallest absolute Gasteiger partial charge is 0.167 e. The minimum atomic E-state index is -0.544. The van der Waals surface area contributed by atoms with Gasteiger partial charge >= 0.3 is 0 Å². The number of nitrogens with zero attached hydrogens (tertiary/aromatic N) is 3. The van der Waals surface area contributed by atoms with Gasteiger partial charge in [-0.25, -0.2) is 23.7 Å². The first kappa shape index (κ1) is 21.9. The Balaban J connectivity index is 1.38. The van der Waals surface area contributed by atoms with Crippen molar-refractivity contribution in [2.24, 2.45) is 5.73 Å². The van der Waals surface area contributed by atoms with Gasteiger partial charge in [0, 0.05) is 34.6 Å². The molecular formula is C25H19F2N5OS. The molecule has 0 radical (unpaired) electrons. The summed E-state index contributed by atoms with van der Waals surface area (Å²) < 4.78 is 33.5. The molecule has 3 aromatic carbocycles. The predicted octanol–water partition coefficient (Wildman–Crippen LogP) is 5.81. The summed E-state index contributed by atoms with van der Waals surface area (Å²) in [7, 11) is 0. The van der Waals surface area contributed by atoms with Crippen molar-refractivity contribution in [3.63, 3.8) is 0 Å². The van der Waals surface area contributed by atoms with Gasteiger partial charge in [0.25, 0.3) is 0 Å². The molecule has 0 amide bonds. The molecular weight excluding hydrogens is 456 g/mol. The Morgan fingerprint density at radius 1 is 1.00 bits per heavy atom. The van der Waals surface area contributed by atoms with Crippen LogP contribution >= 0.6 is 11.3 Å². The molecule has 0 aliphatic heterocycles. The van der Waals surface area contributed by atoms with Crippen LogP contribution in [0, 0.1) is 11.6 Å². The molecule has 0 aliphatic rings. The molecule has 0 saturated carbocycles. The van der Waals surface area contributed by atoms with Crippen molar-refractivity contribution >= 4 is 33.7 Å². The van der Waals surface area contributed by atoms with Gasteiger partial charge in [-0.2, -0.15) is 0 Å². The summed E-state index contributed by atoms with van der Waals surface area (Å²) in [5.41, 5.74) is 9.28. The van der Waals surface area contributed by atoms with E-state index in [9.17, 15) is 8.78 Å². The Hall–Kier alpha value is -3.95. The van der Waals surface area contributed by atoms with Crippen molar-refractivity contribution in [3.8, 4) is 17.0 Å². The number of anilines is 2. The third kappa shape index (κ3) is 4.70. The molecule has 0 saturated heterocycles. The quantitative estimate of drug-likeness (QED) is 0.309. The van der Waals surface area contributed by atoms with Crippen LogP contribution in [-0.2, 0) is 13.2 Å². The van der Waals surface area contributed by atoms with Crippen molar-refractivity contribution in [2.45, 2.75) is 13.2 Å². The molecule has 3 N–H and O–H groups in total. The lowest BCUT2D eigenvalue weighted by atomic mass is 10.1. The summed E-state index contributed by atoms with van der Waals surface area (Å²) in [5, 5.41) is 6.74. The van der Waals surface area contributed by atoms with Crippen molar-refractivity contribution in [2.75, 3.05) is 5.32 Å². The largest absolute Gasteiger partial charge is 0.486 e. The fraction of sp³-hybridized carbons (Fsp3) is 0.0800. The van der Waals surface area contributed by atoms with E-state index in [1.54, 1.807) is 18.2 Å². The molecule has 0 fully saturated rings. The molecule has 2 heterocycles. The Morgan fingerprint density at radius 2 is 1.91 bits per heavy atom. The van der Waals surface area contributed by atoms with Crippen LogP contribution in [0.2, 0.25) is 0 Å². The molecule has 0 atom stereocenters. The van der Waals surface area contributed by atoms with E-state index < -0.39 is 5.82 Å². The zero-order chi connectivity index (χ0) is 23.5. The average Bonchev–Trinajstić information content (AvgIpc) is 3.33. The van der Waals surface area contributed by atoms with Crippen LogP contribution in [0.3, 0.4) is 0 Å². The lowest BCUT2D eigenvalue weighted by Gasteiger charge is -2.12. The second-order valence-electron chi connectivity index (χ2n) is 7.47. The molecule has 34 heavy (non-hydrogen) atoms. The Kier molecular flexibility index (Phi) is 6.11. The maximum atomic E-state index is 14.7. The first-order valence-corrected chi connectivity index (χ1v) is 11.3. The number of nitrogens with two attached hydrogens (primary N) is 1. The van der Waals surface area contributed by atoms with E-state index in [2.05, 4.69) is 20.3 Å². The third-order valence-electron chi connectivity index (χ3n) is 5.14. The van der Waals surface area contributed by atoms with E-state index in [1.165, 1.54) is 41.9 Å². The Morgan fingerprint density at radius 3 is 2.71 bits per heavy atom. The van der Waals surface area contributed by atoms with Crippen LogP contribution < -0.4 is 15.8 Å². The molecule has 0 unspecified atom stereocenters. The molecule has 5 aromatic rings. The maximum Gasteiger partial charge on any atom is 0.167 e. The molecule has 5 rings (SSSR count). The summed E-state index contributed by atoms with van der Waals surface area (Å²) in [6, 6.07) is 16.3. The molecule has 0 spiro atoms. The van der Waals surface area contributed by atoms with Gasteiger partial charge in [0.05, 0.1) is 11.2 Å². The van der Waals surface area contributed by atoms with Gasteiger partial charge in [-0.15, -0.1) is 11.3 Å². The normalized spacial score (nSPS) is 11.0. The van der Waals surface area contributed by atoms with Gasteiger partial charge in [-0.05, 0) is 42.0 Å². The van der Waals surface area contributed by atoms with Crippen molar-refractivity contribution in [3.05, 3.63) is 94.6 Å². The molecule has 9 heteroatoms. The highest BCUT2D eigenvalue weighted by molar-refractivity contribution is 7.09. The van der Waals surface area contributed by atoms with E-state index in [1.807, 2.05) is 23.6 Å². The number of hydrogen-bond donors (Lipinski definition) is 2. The number of hydrogen-bond acceptors (Lipinski definition) is 7. The average molecular weight is 476 g/mol. The van der Waals surface area contributed by atoms with Crippen molar-refractivity contribution < 1.29 is 13.5 Å². The van der Waals surface area contributed by atoms with Gasteiger partial charge in [0.1, 0.15) is 29.6 Å². The molecule has 0 aliphatic carbocycles. The highest BCUT2D eigenvalue weighted by Crippen LogP contribution is 2.30. The van der Waals surface area contributed by atoms with Gasteiger partial charge in [0.2, 0.25) is 0 Å². The second-order valence-corrected chi connectivity index (χ2v) is 8.42. The Labute approximate surface area is 198 Å². The van der Waals surface area contributed by atoms with E-state index in [0.717, 1.165) is 27.2 Å². The minimum Gasteiger partial charge on any atom is -0.486 e. The van der Waals surface area contributed by atoms with Crippen LogP contribution in [0.1, 0.15) is 10.6 Å². The lowest BCUT2D eigenvalue weighted by Crippen LogP contribution is -2.00. The lowest BCUT2D eigenvalue weighted by molar-refractivity contribution is 0.290. The van der Waals surface area contributed by atoms with Gasteiger partial charge in [0.15, 0.2) is 11.6 Å². The highest BCUT2D eigenvalue weighted by atomic mass is 32.1. The van der Waals surface area contributed by atoms with Crippen LogP contribution in [0.4, 0.5) is 20.3 Å². The monoisotopic (exact) mass is 475 g/mol. The number of fused-ring (bicyclic) bond motifs is 1. The van der Waals surface area contributed by atoms with Crippen LogP contribution in [0.5, 0.6) is 5.75 Å². The maximum absolute atomic E-state index is 14.7. The Bertz CT molecular complexity index is 1470. The summed E-state index contributed by atoms with van der Waals surface area (Å²) in [5.74, 6) is -0.300. The van der Waals surface area contributed by atoms with Gasteiger partial charge in [-0.3, -0.25) is 0 Å². The van der Waals surface area contributed by atoms with Crippen molar-refractivity contribution in [1.82, 2.24) is 15.0 Å². The summed E-state index contributed by atoms with van der Waals surface area (Å²) in [6.45, 7) is 0.449. The zero-order valence-electron chi connectivity index (χ0n) is 17.8. The molecule has 0 bridgehead atoms. The third-order valence-corrected chi connectivity index (χ3v) is 6.01. The predicted molar refractivity (Wildman–Crippen MR) is 129 cm³/mol. The molecule has 2 aromatic heterocycles. The summed E-state index contributed by atoms with van der Waals surface area (Å²) >= 11 is 1.51. The SMILES string of the molecule is NCc1nc(-c2ccc3ncnc(Nc4ccc(OCc5cccc(F)c5)c(F)c4)c3c2)cs1. The topological polar surface area (TPSA) is 86.0 Å². The van der Waals surface area contributed by atoms with E-state index in [-0.39, 0.29) is 18.2 Å². The molecule has 6 nitrogen and oxygen atoms in total. The highest BCUT2D eigenvalue weighted by Gasteiger charge is 2.11. The summed E-state index contributed by atoms with van der Waals surface area (Å²) in [6.07, 6.45) is 1.45. The number of thiazole rings is 1. The second kappa shape index (κ2) is 9.50. The number of benzene rings is 3. The fourth-order valence-electron chi connectivity index (χ4n) is 3.47. The van der Waals surface area contributed by atoms with E-state index >= 15 is 0 Å². The number of aromatic nitrogens is 3. The van der Waals surface area contributed by atoms with E-state index in [4.69, 9.17) is 10.5 Å². The first-order valence-electron chi connectivity index (χ1n) is 10.4. The number of nitrogens with one attached hydrogen (secondary N) is 1. The first-order chi connectivity index (χ1) is 16.6. The van der Waals surface area contributed by atoms with Crippen molar-refractivity contribution in [1.29, 1.82) is 0 Å². The fourth-order valence-corrected chi connectivity index (χ4v) is 4.16. The minimum absolute atomic E-state index is 0.0588. The number of halogens is 2. The number of rotatable bonds is 7. The van der Waals surface area contributed by atoms with Crippen LogP contribution in [0.25, 0.3) is 22.2 Å². The zero-order valence-corrected chi connectivity index (χ0v) is 18.7. The van der Waals surface area contributed by atoms with Crippen LogP contribution in [0.15, 0.2) is 72.4 Å². The summed E-state index contributed by atoms with van der Waals surface area (Å²) in [4.78, 5) is 13.2. The number of ether oxygens (including phenoxy) is 1. The van der Waals surface area contributed by atoms with Crippen LogP contribution in [-0.4, -0.2) is 15.0 Å². The van der Waals surface area contributed by atoms with Gasteiger partial charge in [-0.1, -0.05) is 18.2 Å².